The van der Waals surface area contributed by atoms with E-state index in [4.69, 9.17) is 5.73 Å². The quantitative estimate of drug-likeness (QED) is 0.372. The number of hydrogen-bond donors (Lipinski definition) is 5. The number of nitrogens with one attached hydrogen (secondary N) is 2. The van der Waals surface area contributed by atoms with E-state index in [1.807, 2.05) is 27.7 Å². The second-order valence-corrected chi connectivity index (χ2v) is 6.99. The van der Waals surface area contributed by atoms with Crippen LogP contribution in [0.25, 0.3) is 0 Å². The lowest BCUT2D eigenvalue weighted by atomic mass is 10.0. The number of aliphatic hydroxyl groups excluding tert-OH is 1. The minimum atomic E-state index is -1.26. The summed E-state index contributed by atoms with van der Waals surface area (Å²) < 4.78 is 0. The molecule has 4 unspecified atom stereocenters. The third-order valence-corrected chi connectivity index (χ3v) is 3.45. The Morgan fingerprint density at radius 2 is 1.42 bits per heavy atom. The molecule has 2 amide bonds. The molecule has 0 fully saturated rings. The van der Waals surface area contributed by atoms with Crippen molar-refractivity contribution in [1.82, 2.24) is 10.6 Å². The van der Waals surface area contributed by atoms with Gasteiger partial charge in [-0.3, -0.25) is 9.59 Å². The van der Waals surface area contributed by atoms with Crippen LogP contribution in [0.4, 0.5) is 0 Å². The zero-order valence-electron chi connectivity index (χ0n) is 15.1. The average Bonchev–Trinajstić information content (AvgIpc) is 2.41. The Labute approximate surface area is 143 Å². The van der Waals surface area contributed by atoms with E-state index in [1.54, 1.807) is 0 Å². The molecule has 0 aromatic carbocycles. The molecule has 0 aromatic heterocycles. The van der Waals surface area contributed by atoms with E-state index in [1.165, 1.54) is 6.92 Å². The Morgan fingerprint density at radius 1 is 0.917 bits per heavy atom. The van der Waals surface area contributed by atoms with Gasteiger partial charge in [-0.2, -0.15) is 0 Å². The first-order valence-electron chi connectivity index (χ1n) is 8.22. The van der Waals surface area contributed by atoms with Crippen molar-refractivity contribution in [1.29, 1.82) is 0 Å². The predicted molar refractivity (Wildman–Crippen MR) is 90.1 cm³/mol. The molecule has 0 radical (unpaired) electrons. The highest BCUT2D eigenvalue weighted by molar-refractivity contribution is 5.92. The van der Waals surface area contributed by atoms with Gasteiger partial charge in [0.2, 0.25) is 11.8 Å². The van der Waals surface area contributed by atoms with Crippen molar-refractivity contribution >= 4 is 17.8 Å². The van der Waals surface area contributed by atoms with Crippen LogP contribution < -0.4 is 16.4 Å². The fourth-order valence-electron chi connectivity index (χ4n) is 2.23. The van der Waals surface area contributed by atoms with Crippen molar-refractivity contribution in [3.05, 3.63) is 0 Å². The lowest BCUT2D eigenvalue weighted by molar-refractivity contribution is -0.143. The van der Waals surface area contributed by atoms with Gasteiger partial charge in [0.15, 0.2) is 0 Å². The Hall–Kier alpha value is -1.67. The summed E-state index contributed by atoms with van der Waals surface area (Å²) in [6.07, 6.45) is -0.506. The average molecular weight is 345 g/mol. The third-order valence-electron chi connectivity index (χ3n) is 3.45. The van der Waals surface area contributed by atoms with E-state index in [0.29, 0.717) is 6.42 Å². The molecule has 0 aliphatic carbocycles. The number of carboxylic acid groups (broad SMARTS) is 1. The van der Waals surface area contributed by atoms with E-state index in [-0.39, 0.29) is 18.3 Å². The summed E-state index contributed by atoms with van der Waals surface area (Å²) in [6.45, 7) is 8.84. The second kappa shape index (κ2) is 10.2. The van der Waals surface area contributed by atoms with Crippen LogP contribution >= 0.6 is 0 Å². The maximum absolute atomic E-state index is 12.3. The maximum Gasteiger partial charge on any atom is 0.326 e. The van der Waals surface area contributed by atoms with Crippen molar-refractivity contribution in [2.24, 2.45) is 17.6 Å². The van der Waals surface area contributed by atoms with Crippen LogP contribution in [-0.4, -0.2) is 52.2 Å². The van der Waals surface area contributed by atoms with E-state index >= 15 is 0 Å². The molecule has 0 bridgehead atoms. The molecule has 0 rings (SSSR count). The Bertz CT molecular complexity index is 437. The summed E-state index contributed by atoms with van der Waals surface area (Å²) in [5.41, 5.74) is 5.76. The van der Waals surface area contributed by atoms with Gasteiger partial charge in [0, 0.05) is 0 Å². The molecule has 0 spiro atoms. The van der Waals surface area contributed by atoms with Gasteiger partial charge in [-0.25, -0.2) is 4.79 Å². The van der Waals surface area contributed by atoms with Crippen LogP contribution in [0, 0.1) is 11.8 Å². The highest BCUT2D eigenvalue weighted by Gasteiger charge is 2.31. The summed E-state index contributed by atoms with van der Waals surface area (Å²) in [6, 6.07) is -3.14. The molecular formula is C16H31N3O5. The molecule has 0 aromatic rings. The van der Waals surface area contributed by atoms with E-state index in [0.717, 1.165) is 0 Å². The zero-order valence-corrected chi connectivity index (χ0v) is 15.1. The Morgan fingerprint density at radius 3 is 1.79 bits per heavy atom. The number of aliphatic hydroxyl groups is 1. The maximum atomic E-state index is 12.3. The SMILES string of the molecule is CC(C)CC(N)C(=O)NC(C(=O)NC(CC(C)C)C(=O)O)C(C)O. The lowest BCUT2D eigenvalue weighted by Gasteiger charge is -2.25. The first kappa shape index (κ1) is 22.3. The normalized spacial score (nSPS) is 16.4. The fourth-order valence-corrected chi connectivity index (χ4v) is 2.23. The Kier molecular flexibility index (Phi) is 9.53. The molecular weight excluding hydrogens is 314 g/mol. The van der Waals surface area contributed by atoms with Gasteiger partial charge >= 0.3 is 5.97 Å². The first-order valence-corrected chi connectivity index (χ1v) is 8.22. The van der Waals surface area contributed by atoms with Crippen LogP contribution in [0.15, 0.2) is 0 Å². The number of hydrogen-bond acceptors (Lipinski definition) is 5. The zero-order chi connectivity index (χ0) is 19.0. The molecule has 0 heterocycles. The molecule has 8 nitrogen and oxygen atoms in total. The third kappa shape index (κ3) is 8.26. The lowest BCUT2D eigenvalue weighted by Crippen LogP contribution is -2.58. The van der Waals surface area contributed by atoms with Crippen LogP contribution in [0.2, 0.25) is 0 Å². The van der Waals surface area contributed by atoms with Crippen LogP contribution in [-0.2, 0) is 14.4 Å². The highest BCUT2D eigenvalue weighted by Crippen LogP contribution is 2.07. The van der Waals surface area contributed by atoms with Crippen LogP contribution in [0.1, 0.15) is 47.5 Å². The fraction of sp³-hybridized carbons (Fsp3) is 0.812. The van der Waals surface area contributed by atoms with Gasteiger partial charge in [0.1, 0.15) is 12.1 Å². The van der Waals surface area contributed by atoms with Crippen molar-refractivity contribution < 1.29 is 24.6 Å². The van der Waals surface area contributed by atoms with Crippen LogP contribution in [0.3, 0.4) is 0 Å². The molecule has 0 saturated heterocycles. The second-order valence-electron chi connectivity index (χ2n) is 6.99. The van der Waals surface area contributed by atoms with Gasteiger partial charge in [0.25, 0.3) is 0 Å². The molecule has 0 aliphatic heterocycles. The number of rotatable bonds is 10. The number of aliphatic carboxylic acids is 1. The molecule has 24 heavy (non-hydrogen) atoms. The highest BCUT2D eigenvalue weighted by atomic mass is 16.4. The minimum Gasteiger partial charge on any atom is -0.480 e. The van der Waals surface area contributed by atoms with E-state index < -0.39 is 42.0 Å². The summed E-state index contributed by atoms with van der Waals surface area (Å²) >= 11 is 0. The largest absolute Gasteiger partial charge is 0.480 e. The van der Waals surface area contributed by atoms with Crippen molar-refractivity contribution in [2.75, 3.05) is 0 Å². The van der Waals surface area contributed by atoms with Gasteiger partial charge in [-0.05, 0) is 31.6 Å². The molecule has 140 valence electrons. The van der Waals surface area contributed by atoms with Gasteiger partial charge in [0.05, 0.1) is 12.1 Å². The standard InChI is InChI=1S/C16H31N3O5/c1-8(2)6-11(17)14(21)19-13(10(5)20)15(22)18-12(16(23)24)7-9(3)4/h8-13,20H,6-7,17H2,1-5H3,(H,18,22)(H,19,21)(H,23,24). The number of carbonyl (C=O) groups is 3. The number of amides is 2. The topological polar surface area (TPSA) is 142 Å². The summed E-state index contributed by atoms with van der Waals surface area (Å²) in [7, 11) is 0. The van der Waals surface area contributed by atoms with Crippen molar-refractivity contribution in [3.63, 3.8) is 0 Å². The summed E-state index contributed by atoms with van der Waals surface area (Å²) in [4.78, 5) is 35.6. The number of carboxylic acids is 1. The smallest absolute Gasteiger partial charge is 0.326 e. The summed E-state index contributed by atoms with van der Waals surface area (Å²) in [5, 5.41) is 23.7. The molecule has 6 N–H and O–H groups in total. The Balaban J connectivity index is 4.94. The molecule has 4 atom stereocenters. The minimum absolute atomic E-state index is 0.0606. The van der Waals surface area contributed by atoms with E-state index in [9.17, 15) is 24.6 Å². The molecule has 8 heteroatoms. The first-order chi connectivity index (χ1) is 11.0. The van der Waals surface area contributed by atoms with E-state index in [2.05, 4.69) is 10.6 Å². The molecule has 0 aliphatic rings. The number of carbonyl (C=O) groups excluding carboxylic acids is 2. The summed E-state index contributed by atoms with van der Waals surface area (Å²) in [5.74, 6) is -2.20. The van der Waals surface area contributed by atoms with Gasteiger partial charge in [-0.15, -0.1) is 0 Å². The number of nitrogens with two attached hydrogens (primary N) is 1. The van der Waals surface area contributed by atoms with Gasteiger partial charge in [-0.1, -0.05) is 27.7 Å². The molecule has 0 saturated carbocycles. The monoisotopic (exact) mass is 345 g/mol. The van der Waals surface area contributed by atoms with Gasteiger partial charge < -0.3 is 26.6 Å². The van der Waals surface area contributed by atoms with Crippen molar-refractivity contribution in [2.45, 2.75) is 71.7 Å². The van der Waals surface area contributed by atoms with Crippen LogP contribution in [0.5, 0.6) is 0 Å². The van der Waals surface area contributed by atoms with Crippen molar-refractivity contribution in [3.8, 4) is 0 Å². The predicted octanol–water partition coefficient (Wildman–Crippen LogP) is -0.159.